The van der Waals surface area contributed by atoms with Gasteiger partial charge in [0.15, 0.2) is 0 Å². The fourth-order valence-corrected chi connectivity index (χ4v) is 3.95. The molecule has 2 N–H and O–H groups in total. The molecule has 1 fully saturated rings. The Morgan fingerprint density at radius 1 is 1.19 bits per heavy atom. The van der Waals surface area contributed by atoms with Gasteiger partial charge < -0.3 is 10.6 Å². The number of carbonyl (C=O) groups is 2. The third-order valence-electron chi connectivity index (χ3n) is 5.45. The fourth-order valence-electron chi connectivity index (χ4n) is 3.95. The van der Waals surface area contributed by atoms with Gasteiger partial charge in [0.25, 0.3) is 0 Å². The highest BCUT2D eigenvalue weighted by Crippen LogP contribution is 2.23. The standard InChI is InChI=1S/C21H37N3O2/c1-2-3-4-11-20(25)16-18-9-7-10-19-17-21(26)23-14-6-5-12-22-13-8-15-24(18)19/h7,9,18-19,22H,2-6,8,10-17H2,1H3,(H,23,26)/t18-,19-/m1/s1. The maximum absolute atomic E-state index is 12.4. The first-order chi connectivity index (χ1) is 12.7. The molecule has 0 spiro atoms. The predicted octanol–water partition coefficient (Wildman–Crippen LogP) is 2.80. The highest BCUT2D eigenvalue weighted by atomic mass is 16.1. The van der Waals surface area contributed by atoms with Crippen molar-refractivity contribution in [2.45, 2.75) is 83.2 Å². The first kappa shape index (κ1) is 21.1. The second kappa shape index (κ2) is 12.2. The molecule has 2 rings (SSSR count). The number of nitrogens with zero attached hydrogens (tertiary/aromatic N) is 1. The normalized spacial score (nSPS) is 26.1. The zero-order valence-electron chi connectivity index (χ0n) is 16.5. The molecule has 26 heavy (non-hydrogen) atoms. The molecule has 0 saturated carbocycles. The largest absolute Gasteiger partial charge is 0.356 e. The molecule has 0 radical (unpaired) electrons. The van der Waals surface area contributed by atoms with Crippen molar-refractivity contribution in [3.63, 3.8) is 0 Å². The topological polar surface area (TPSA) is 61.4 Å². The van der Waals surface area contributed by atoms with Crippen LogP contribution in [0, 0.1) is 0 Å². The summed E-state index contributed by atoms with van der Waals surface area (Å²) in [4.78, 5) is 27.1. The Balaban J connectivity index is 1.97. The molecule has 2 heterocycles. The number of hydrogen-bond acceptors (Lipinski definition) is 4. The van der Waals surface area contributed by atoms with Crippen LogP contribution in [0.1, 0.15) is 71.1 Å². The van der Waals surface area contributed by atoms with Gasteiger partial charge in [0.05, 0.1) is 0 Å². The molecule has 5 heteroatoms. The van der Waals surface area contributed by atoms with Gasteiger partial charge in [-0.15, -0.1) is 0 Å². The van der Waals surface area contributed by atoms with Crippen molar-refractivity contribution in [3.8, 4) is 0 Å². The molecule has 2 aliphatic heterocycles. The van der Waals surface area contributed by atoms with E-state index in [9.17, 15) is 9.59 Å². The lowest BCUT2D eigenvalue weighted by atomic mass is 9.94. The van der Waals surface area contributed by atoms with Crippen LogP contribution in [-0.2, 0) is 9.59 Å². The summed E-state index contributed by atoms with van der Waals surface area (Å²) in [6.07, 6.45) is 13.6. The second-order valence-electron chi connectivity index (χ2n) is 7.69. The van der Waals surface area contributed by atoms with E-state index in [0.29, 0.717) is 25.0 Å². The Bertz CT molecular complexity index is 464. The third-order valence-corrected chi connectivity index (χ3v) is 5.45. The summed E-state index contributed by atoms with van der Waals surface area (Å²) in [6.45, 7) is 5.89. The van der Waals surface area contributed by atoms with Gasteiger partial charge in [0, 0.05) is 44.4 Å². The van der Waals surface area contributed by atoms with E-state index in [1.54, 1.807) is 0 Å². The SMILES string of the molecule is CCCCCC(=O)C[C@H]1C=CC[C@@H]2CC(=O)NCCCCNCCCN21. The number of rotatable bonds is 6. The summed E-state index contributed by atoms with van der Waals surface area (Å²) in [5.74, 6) is 0.509. The van der Waals surface area contributed by atoms with Crippen LogP contribution < -0.4 is 10.6 Å². The number of carbonyl (C=O) groups excluding carboxylic acids is 2. The minimum absolute atomic E-state index is 0.149. The quantitative estimate of drug-likeness (QED) is 0.563. The Hall–Kier alpha value is -1.20. The van der Waals surface area contributed by atoms with E-state index in [2.05, 4.69) is 34.6 Å². The zero-order chi connectivity index (χ0) is 18.6. The molecule has 0 bridgehead atoms. The van der Waals surface area contributed by atoms with Crippen molar-refractivity contribution in [1.29, 1.82) is 0 Å². The number of unbranched alkanes of at least 4 members (excludes halogenated alkanes) is 2. The highest BCUT2D eigenvalue weighted by Gasteiger charge is 2.29. The van der Waals surface area contributed by atoms with Crippen LogP contribution in [0.15, 0.2) is 12.2 Å². The van der Waals surface area contributed by atoms with E-state index in [-0.39, 0.29) is 18.0 Å². The number of nitrogens with one attached hydrogen (secondary N) is 2. The lowest BCUT2D eigenvalue weighted by Gasteiger charge is -2.39. The van der Waals surface area contributed by atoms with Crippen molar-refractivity contribution in [1.82, 2.24) is 15.5 Å². The maximum atomic E-state index is 12.4. The summed E-state index contributed by atoms with van der Waals surface area (Å²) >= 11 is 0. The van der Waals surface area contributed by atoms with Crippen LogP contribution in [0.5, 0.6) is 0 Å². The predicted molar refractivity (Wildman–Crippen MR) is 106 cm³/mol. The second-order valence-corrected chi connectivity index (χ2v) is 7.69. The van der Waals surface area contributed by atoms with Gasteiger partial charge in [0.1, 0.15) is 5.78 Å². The molecule has 0 aromatic carbocycles. The first-order valence-electron chi connectivity index (χ1n) is 10.6. The van der Waals surface area contributed by atoms with Crippen molar-refractivity contribution < 1.29 is 9.59 Å². The Morgan fingerprint density at radius 3 is 2.85 bits per heavy atom. The van der Waals surface area contributed by atoms with Crippen molar-refractivity contribution in [3.05, 3.63) is 12.2 Å². The number of hydrogen-bond donors (Lipinski definition) is 2. The fraction of sp³-hybridized carbons (Fsp3) is 0.810. The molecule has 1 amide bonds. The third kappa shape index (κ3) is 7.58. The lowest BCUT2D eigenvalue weighted by molar-refractivity contribution is -0.122. The molecule has 0 aromatic heterocycles. The molecule has 2 aliphatic rings. The molecule has 5 nitrogen and oxygen atoms in total. The van der Waals surface area contributed by atoms with Crippen LogP contribution in [0.2, 0.25) is 0 Å². The van der Waals surface area contributed by atoms with Crippen LogP contribution >= 0.6 is 0 Å². The molecule has 148 valence electrons. The van der Waals surface area contributed by atoms with Gasteiger partial charge in [-0.3, -0.25) is 14.5 Å². The first-order valence-corrected chi connectivity index (χ1v) is 10.6. The molecular formula is C21H37N3O2. The average Bonchev–Trinajstić information content (AvgIpc) is 2.63. The summed E-state index contributed by atoms with van der Waals surface area (Å²) in [5, 5.41) is 6.56. The Morgan fingerprint density at radius 2 is 2.00 bits per heavy atom. The Labute approximate surface area is 159 Å². The zero-order valence-corrected chi connectivity index (χ0v) is 16.5. The van der Waals surface area contributed by atoms with Crippen molar-refractivity contribution in [2.75, 3.05) is 26.2 Å². The van der Waals surface area contributed by atoms with E-state index >= 15 is 0 Å². The average molecular weight is 364 g/mol. The van der Waals surface area contributed by atoms with Gasteiger partial charge in [-0.05, 0) is 45.2 Å². The maximum Gasteiger partial charge on any atom is 0.221 e. The minimum Gasteiger partial charge on any atom is -0.356 e. The van der Waals surface area contributed by atoms with Crippen LogP contribution in [0.3, 0.4) is 0 Å². The summed E-state index contributed by atoms with van der Waals surface area (Å²) in [7, 11) is 0. The molecule has 0 unspecified atom stereocenters. The molecule has 0 aromatic rings. The van der Waals surface area contributed by atoms with E-state index in [1.807, 2.05) is 0 Å². The van der Waals surface area contributed by atoms with E-state index in [1.165, 1.54) is 0 Å². The lowest BCUT2D eigenvalue weighted by Crippen LogP contribution is -2.48. The monoisotopic (exact) mass is 363 g/mol. The van der Waals surface area contributed by atoms with Crippen LogP contribution in [-0.4, -0.2) is 54.9 Å². The van der Waals surface area contributed by atoms with Crippen LogP contribution in [0.4, 0.5) is 0 Å². The van der Waals surface area contributed by atoms with Crippen molar-refractivity contribution in [2.24, 2.45) is 0 Å². The summed E-state index contributed by atoms with van der Waals surface area (Å²) in [5.41, 5.74) is 0. The number of amides is 1. The number of Topliss-reactive ketones (excluding diaryl/α,β-unsaturated/α-hetero) is 1. The van der Waals surface area contributed by atoms with E-state index < -0.39 is 0 Å². The van der Waals surface area contributed by atoms with E-state index in [0.717, 1.165) is 71.1 Å². The smallest absolute Gasteiger partial charge is 0.221 e. The number of ketones is 1. The summed E-state index contributed by atoms with van der Waals surface area (Å²) in [6, 6.07) is 0.370. The van der Waals surface area contributed by atoms with Crippen molar-refractivity contribution >= 4 is 11.7 Å². The van der Waals surface area contributed by atoms with Gasteiger partial charge >= 0.3 is 0 Å². The van der Waals surface area contributed by atoms with Gasteiger partial charge in [-0.25, -0.2) is 0 Å². The van der Waals surface area contributed by atoms with Crippen LogP contribution in [0.25, 0.3) is 0 Å². The van der Waals surface area contributed by atoms with Gasteiger partial charge in [-0.2, -0.15) is 0 Å². The summed E-state index contributed by atoms with van der Waals surface area (Å²) < 4.78 is 0. The molecule has 2 atom stereocenters. The number of fused-ring (bicyclic) bond motifs is 1. The molecular weight excluding hydrogens is 326 g/mol. The van der Waals surface area contributed by atoms with Gasteiger partial charge in [0.2, 0.25) is 5.91 Å². The Kier molecular flexibility index (Phi) is 9.93. The molecule has 0 aliphatic carbocycles. The minimum atomic E-state index is 0.149. The molecule has 1 saturated heterocycles. The van der Waals surface area contributed by atoms with E-state index in [4.69, 9.17) is 0 Å². The van der Waals surface area contributed by atoms with Gasteiger partial charge in [-0.1, -0.05) is 31.9 Å². The highest BCUT2D eigenvalue weighted by molar-refractivity contribution is 5.79.